The third-order valence-electron chi connectivity index (χ3n) is 5.71. The minimum Gasteiger partial charge on any atom is -0.263 e. The van der Waals surface area contributed by atoms with E-state index in [9.17, 15) is 21.6 Å². The normalized spacial score (nSPS) is 20.5. The first-order valence-electron chi connectivity index (χ1n) is 9.37. The van der Waals surface area contributed by atoms with Crippen LogP contribution < -0.4 is 5.14 Å². The molecule has 0 saturated heterocycles. The molecule has 0 spiro atoms. The van der Waals surface area contributed by atoms with Crippen molar-refractivity contribution in [2.45, 2.75) is 36.8 Å². The Balaban J connectivity index is 1.65. The molecule has 162 valence electrons. The number of primary sulfonamides is 1. The van der Waals surface area contributed by atoms with Gasteiger partial charge in [0.2, 0.25) is 10.0 Å². The number of alkyl halides is 3. The Kier molecular flexibility index (Phi) is 4.90. The minimum atomic E-state index is -4.49. The van der Waals surface area contributed by atoms with Gasteiger partial charge in [0.1, 0.15) is 5.82 Å². The second-order valence-electron chi connectivity index (χ2n) is 8.15. The van der Waals surface area contributed by atoms with E-state index in [0.29, 0.717) is 11.5 Å². The first-order chi connectivity index (χ1) is 14.4. The molecule has 31 heavy (non-hydrogen) atoms. The van der Waals surface area contributed by atoms with Crippen LogP contribution in [0.5, 0.6) is 0 Å². The highest BCUT2D eigenvalue weighted by atomic mass is 32.2. The summed E-state index contributed by atoms with van der Waals surface area (Å²) in [7, 11) is -3.78. The average molecular weight is 448 g/mol. The standard InChI is InChI=1S/C21H19F3N4O2S/c1-20(2)17(12-3-5-15(6-4-12)31(25,29)30)18(20)19-27-8-7-16(28-19)13-9-14(11-26-10-13)21(22,23)24/h3-11,17-18H,1-2H3,(H2,25,29,30)/t17-,18+/m1/s1. The quantitative estimate of drug-likeness (QED) is 0.648. The number of hydrogen-bond acceptors (Lipinski definition) is 5. The molecular formula is C21H19F3N4O2S. The Morgan fingerprint density at radius 2 is 1.71 bits per heavy atom. The average Bonchev–Trinajstić information content (AvgIpc) is 3.29. The predicted octanol–water partition coefficient (Wildman–Crippen LogP) is 4.11. The summed E-state index contributed by atoms with van der Waals surface area (Å²) in [4.78, 5) is 12.6. The van der Waals surface area contributed by atoms with Gasteiger partial charge >= 0.3 is 6.18 Å². The summed E-state index contributed by atoms with van der Waals surface area (Å²) in [6, 6.07) is 8.91. The summed E-state index contributed by atoms with van der Waals surface area (Å²) in [5, 5.41) is 5.16. The zero-order chi connectivity index (χ0) is 22.6. The first kappa shape index (κ1) is 21.4. The highest BCUT2D eigenvalue weighted by Gasteiger charge is 2.60. The van der Waals surface area contributed by atoms with Crippen molar-refractivity contribution in [3.8, 4) is 11.3 Å². The van der Waals surface area contributed by atoms with E-state index >= 15 is 0 Å². The van der Waals surface area contributed by atoms with E-state index in [1.54, 1.807) is 18.2 Å². The molecule has 6 nitrogen and oxygen atoms in total. The van der Waals surface area contributed by atoms with E-state index in [2.05, 4.69) is 15.0 Å². The highest BCUT2D eigenvalue weighted by Crippen LogP contribution is 2.69. The van der Waals surface area contributed by atoms with Crippen LogP contribution in [0.2, 0.25) is 0 Å². The summed E-state index contributed by atoms with van der Waals surface area (Å²) in [5.41, 5.74) is 0.468. The van der Waals surface area contributed by atoms with Gasteiger partial charge in [-0.2, -0.15) is 13.2 Å². The van der Waals surface area contributed by atoms with Gasteiger partial charge in [-0.15, -0.1) is 0 Å². The van der Waals surface area contributed by atoms with E-state index in [4.69, 9.17) is 5.14 Å². The predicted molar refractivity (Wildman–Crippen MR) is 107 cm³/mol. The third-order valence-corrected chi connectivity index (χ3v) is 6.64. The van der Waals surface area contributed by atoms with Crippen molar-refractivity contribution >= 4 is 10.0 Å². The monoisotopic (exact) mass is 448 g/mol. The van der Waals surface area contributed by atoms with Crippen LogP contribution >= 0.6 is 0 Å². The lowest BCUT2D eigenvalue weighted by Crippen LogP contribution is -2.11. The van der Waals surface area contributed by atoms with Crippen LogP contribution in [0.25, 0.3) is 11.3 Å². The molecule has 10 heteroatoms. The van der Waals surface area contributed by atoms with Crippen molar-refractivity contribution in [3.05, 3.63) is 71.9 Å². The Hall–Kier alpha value is -2.85. The van der Waals surface area contributed by atoms with Crippen LogP contribution in [-0.2, 0) is 16.2 Å². The van der Waals surface area contributed by atoms with Gasteiger partial charge in [-0.1, -0.05) is 26.0 Å². The maximum atomic E-state index is 13.0. The first-order valence-corrected chi connectivity index (χ1v) is 10.9. The number of nitrogens with two attached hydrogens (primary N) is 1. The maximum absolute atomic E-state index is 13.0. The number of sulfonamides is 1. The topological polar surface area (TPSA) is 98.8 Å². The summed E-state index contributed by atoms with van der Waals surface area (Å²) in [6.07, 6.45) is -0.862. The molecule has 1 aliphatic carbocycles. The smallest absolute Gasteiger partial charge is 0.263 e. The molecule has 1 saturated carbocycles. The molecule has 1 aromatic carbocycles. The summed E-state index contributed by atoms with van der Waals surface area (Å²) >= 11 is 0. The van der Waals surface area contributed by atoms with Gasteiger partial charge in [0.15, 0.2) is 0 Å². The van der Waals surface area contributed by atoms with Gasteiger partial charge in [-0.3, -0.25) is 4.98 Å². The number of pyridine rings is 1. The van der Waals surface area contributed by atoms with Gasteiger partial charge < -0.3 is 0 Å². The van der Waals surface area contributed by atoms with Gasteiger partial charge in [-0.05, 0) is 35.2 Å². The van der Waals surface area contributed by atoms with Gasteiger partial charge in [0, 0.05) is 36.0 Å². The van der Waals surface area contributed by atoms with Gasteiger partial charge in [0.25, 0.3) is 0 Å². The lowest BCUT2D eigenvalue weighted by atomic mass is 10.0. The van der Waals surface area contributed by atoms with Crippen molar-refractivity contribution in [3.63, 3.8) is 0 Å². The molecule has 2 N–H and O–H groups in total. The van der Waals surface area contributed by atoms with E-state index < -0.39 is 21.8 Å². The number of halogens is 3. The largest absolute Gasteiger partial charge is 0.417 e. The fourth-order valence-corrected chi connectivity index (χ4v) is 4.54. The van der Waals surface area contributed by atoms with Crippen LogP contribution in [0.1, 0.15) is 42.6 Å². The Morgan fingerprint density at radius 1 is 1.03 bits per heavy atom. The third kappa shape index (κ3) is 4.05. The molecule has 0 radical (unpaired) electrons. The molecule has 4 rings (SSSR count). The number of hydrogen-bond donors (Lipinski definition) is 1. The molecule has 2 aromatic heterocycles. The Labute approximate surface area is 177 Å². The SMILES string of the molecule is CC1(C)[C@H](c2ccc(S(N)(=O)=O)cc2)[C@H]1c1nccc(-c2cncc(C(F)(F)F)c2)n1. The zero-order valence-corrected chi connectivity index (χ0v) is 17.4. The summed E-state index contributed by atoms with van der Waals surface area (Å²) < 4.78 is 62.0. The molecule has 0 unspecified atom stereocenters. The number of rotatable bonds is 4. The fourth-order valence-electron chi connectivity index (χ4n) is 4.03. The molecule has 1 aliphatic rings. The Bertz CT molecular complexity index is 1240. The van der Waals surface area contributed by atoms with Crippen LogP contribution in [0.3, 0.4) is 0 Å². The van der Waals surface area contributed by atoms with E-state index in [0.717, 1.165) is 17.8 Å². The lowest BCUT2D eigenvalue weighted by molar-refractivity contribution is -0.137. The lowest BCUT2D eigenvalue weighted by Gasteiger charge is -2.09. The van der Waals surface area contributed by atoms with Crippen molar-refractivity contribution in [1.29, 1.82) is 0 Å². The van der Waals surface area contributed by atoms with Crippen LogP contribution in [-0.4, -0.2) is 23.4 Å². The molecule has 3 aromatic rings. The van der Waals surface area contributed by atoms with Crippen LogP contribution in [0.15, 0.2) is 59.9 Å². The van der Waals surface area contributed by atoms with Gasteiger partial charge in [0.05, 0.1) is 16.2 Å². The van der Waals surface area contributed by atoms with E-state index in [1.807, 2.05) is 13.8 Å². The molecule has 2 heterocycles. The molecule has 0 aliphatic heterocycles. The molecule has 2 atom stereocenters. The fraction of sp³-hybridized carbons (Fsp3) is 0.286. The Morgan fingerprint density at radius 3 is 2.32 bits per heavy atom. The van der Waals surface area contributed by atoms with Crippen molar-refractivity contribution in [2.75, 3.05) is 0 Å². The summed E-state index contributed by atoms with van der Waals surface area (Å²) in [6.45, 7) is 4.08. The van der Waals surface area contributed by atoms with Crippen molar-refractivity contribution < 1.29 is 21.6 Å². The minimum absolute atomic E-state index is 0.0249. The van der Waals surface area contributed by atoms with Crippen LogP contribution in [0.4, 0.5) is 13.2 Å². The number of aromatic nitrogens is 3. The number of nitrogens with zero attached hydrogens (tertiary/aromatic N) is 3. The van der Waals surface area contributed by atoms with E-state index in [1.165, 1.54) is 24.5 Å². The molecule has 0 amide bonds. The summed E-state index contributed by atoms with van der Waals surface area (Å²) in [5.74, 6) is 0.462. The molecular weight excluding hydrogens is 429 g/mol. The van der Waals surface area contributed by atoms with E-state index in [-0.39, 0.29) is 27.7 Å². The second-order valence-corrected chi connectivity index (χ2v) is 9.71. The maximum Gasteiger partial charge on any atom is 0.417 e. The molecule has 0 bridgehead atoms. The van der Waals surface area contributed by atoms with Crippen molar-refractivity contribution in [2.24, 2.45) is 10.6 Å². The van der Waals surface area contributed by atoms with Crippen molar-refractivity contribution in [1.82, 2.24) is 15.0 Å². The number of benzene rings is 1. The zero-order valence-electron chi connectivity index (χ0n) is 16.6. The molecule has 1 fully saturated rings. The highest BCUT2D eigenvalue weighted by molar-refractivity contribution is 7.89. The van der Waals surface area contributed by atoms with Gasteiger partial charge in [-0.25, -0.2) is 23.5 Å². The van der Waals surface area contributed by atoms with Crippen LogP contribution in [0, 0.1) is 5.41 Å². The second kappa shape index (κ2) is 7.10.